The number of benzene rings is 3. The van der Waals surface area contributed by atoms with Gasteiger partial charge in [-0.2, -0.15) is 0 Å². The molecular weight excluding hydrogens is 450 g/mol. The predicted molar refractivity (Wildman–Crippen MR) is 154 cm³/mol. The average molecular weight is 476 g/mol. The van der Waals surface area contributed by atoms with Gasteiger partial charge >= 0.3 is 0 Å². The van der Waals surface area contributed by atoms with Crippen molar-refractivity contribution in [3.05, 3.63) is 138 Å². The molecule has 2 aliphatic rings. The normalized spacial score (nSPS) is 13.6. The van der Waals surface area contributed by atoms with E-state index in [2.05, 4.69) is 94.6 Å². The number of nitrogens with zero attached hydrogens (tertiary/aromatic N) is 3. The maximum atomic E-state index is 4.67. The van der Waals surface area contributed by atoms with Crippen LogP contribution in [0.3, 0.4) is 0 Å². The van der Waals surface area contributed by atoms with E-state index in [9.17, 15) is 0 Å². The lowest BCUT2D eigenvalue weighted by atomic mass is 9.90. The van der Waals surface area contributed by atoms with E-state index in [1.807, 2.05) is 48.8 Å². The van der Waals surface area contributed by atoms with Crippen LogP contribution in [0.15, 0.2) is 122 Å². The zero-order valence-corrected chi connectivity index (χ0v) is 20.6. The van der Waals surface area contributed by atoms with Crippen LogP contribution in [0, 0.1) is 6.92 Å². The van der Waals surface area contributed by atoms with E-state index in [1.54, 1.807) is 0 Å². The summed E-state index contributed by atoms with van der Waals surface area (Å²) in [5.41, 5.74) is 10.2. The van der Waals surface area contributed by atoms with E-state index < -0.39 is 0 Å². The Hall–Kier alpha value is -4.76. The minimum atomic E-state index is 0.842. The Morgan fingerprint density at radius 1 is 0.649 bits per heavy atom. The molecule has 37 heavy (non-hydrogen) atoms. The molecule has 176 valence electrons. The summed E-state index contributed by atoms with van der Waals surface area (Å²) < 4.78 is 0. The Balaban J connectivity index is 1.43. The molecule has 0 saturated carbocycles. The van der Waals surface area contributed by atoms with Crippen LogP contribution in [0.1, 0.15) is 23.1 Å². The van der Waals surface area contributed by atoms with E-state index in [1.165, 1.54) is 49.7 Å². The lowest BCUT2D eigenvalue weighted by Gasteiger charge is -2.26. The summed E-state index contributed by atoms with van der Waals surface area (Å²) in [4.78, 5) is 11.5. The summed E-state index contributed by atoms with van der Waals surface area (Å²) >= 11 is 0. The fourth-order valence-electron chi connectivity index (χ4n) is 5.75. The first-order chi connectivity index (χ1) is 18.3. The average Bonchev–Trinajstić information content (AvgIpc) is 3.09. The van der Waals surface area contributed by atoms with Crippen LogP contribution in [0.4, 0.5) is 17.3 Å². The molecule has 0 spiro atoms. The fourth-order valence-corrected chi connectivity index (χ4v) is 5.75. The molecule has 5 aromatic rings. The molecule has 0 aliphatic heterocycles. The second kappa shape index (κ2) is 8.72. The minimum absolute atomic E-state index is 0.842. The molecular formula is C34H25N3. The topological polar surface area (TPSA) is 29.0 Å². The van der Waals surface area contributed by atoms with Crippen LogP contribution in [0.2, 0.25) is 0 Å². The van der Waals surface area contributed by atoms with Crippen molar-refractivity contribution in [3.63, 3.8) is 0 Å². The summed E-state index contributed by atoms with van der Waals surface area (Å²) in [5, 5.41) is 2.66. The van der Waals surface area contributed by atoms with Gasteiger partial charge in [0.2, 0.25) is 0 Å². The van der Waals surface area contributed by atoms with E-state index >= 15 is 0 Å². The summed E-state index contributed by atoms with van der Waals surface area (Å²) in [7, 11) is 0. The molecule has 0 amide bonds. The van der Waals surface area contributed by atoms with Gasteiger partial charge in [-0.05, 0) is 93.4 Å². The highest BCUT2D eigenvalue weighted by Gasteiger charge is 2.25. The molecule has 3 nitrogen and oxygen atoms in total. The fraction of sp³-hybridized carbons (Fsp3) is 0.0588. The monoisotopic (exact) mass is 475 g/mol. The maximum Gasteiger partial charge on any atom is 0.138 e. The molecule has 0 N–H and O–H groups in total. The second-order valence-electron chi connectivity index (χ2n) is 9.43. The first-order valence-corrected chi connectivity index (χ1v) is 12.7. The number of hydrogen-bond donors (Lipinski definition) is 0. The van der Waals surface area contributed by atoms with Crippen LogP contribution in [-0.4, -0.2) is 9.97 Å². The van der Waals surface area contributed by atoms with Crippen molar-refractivity contribution in [1.29, 1.82) is 0 Å². The number of pyridine rings is 2. The maximum absolute atomic E-state index is 4.67. The van der Waals surface area contributed by atoms with E-state index in [4.69, 9.17) is 0 Å². The highest BCUT2D eigenvalue weighted by molar-refractivity contribution is 6.19. The first kappa shape index (κ1) is 21.5. The summed E-state index contributed by atoms with van der Waals surface area (Å²) in [6.45, 7) is 2.20. The second-order valence-corrected chi connectivity index (χ2v) is 9.43. The number of aromatic nitrogens is 2. The standard InChI is InChI=1S/C34H25N3/c1-23-24(13-10-16-31(23)37(32-17-5-7-21-35-32)33-18-6-8-22-36-33)27-19-20-30-26-12-4-2-3-11-25(26)28-14-9-15-29(27)34(28)30/h2-11,13-22H,12H2,1H3. The van der Waals surface area contributed by atoms with Crippen molar-refractivity contribution in [1.82, 2.24) is 9.97 Å². The van der Waals surface area contributed by atoms with Gasteiger partial charge in [0.25, 0.3) is 0 Å². The van der Waals surface area contributed by atoms with Gasteiger partial charge in [0.15, 0.2) is 0 Å². The van der Waals surface area contributed by atoms with Crippen LogP contribution in [0.5, 0.6) is 0 Å². The molecule has 2 aliphatic carbocycles. The van der Waals surface area contributed by atoms with E-state index in [0.29, 0.717) is 0 Å². The van der Waals surface area contributed by atoms with Crippen molar-refractivity contribution in [2.75, 3.05) is 4.90 Å². The van der Waals surface area contributed by atoms with Gasteiger partial charge in [-0.3, -0.25) is 4.90 Å². The Bertz CT molecular complexity index is 1710. The molecule has 3 aromatic carbocycles. The van der Waals surface area contributed by atoms with Gasteiger partial charge in [0.1, 0.15) is 11.6 Å². The number of fused-ring (bicyclic) bond motifs is 2. The molecule has 7 rings (SSSR count). The third-order valence-corrected chi connectivity index (χ3v) is 7.41. The molecule has 3 heteroatoms. The van der Waals surface area contributed by atoms with E-state index in [-0.39, 0.29) is 0 Å². The number of hydrogen-bond acceptors (Lipinski definition) is 3. The van der Waals surface area contributed by atoms with Gasteiger partial charge in [-0.15, -0.1) is 0 Å². The molecule has 0 saturated heterocycles. The number of rotatable bonds is 4. The third-order valence-electron chi connectivity index (χ3n) is 7.41. The molecule has 0 radical (unpaired) electrons. The quantitative estimate of drug-likeness (QED) is 0.260. The van der Waals surface area contributed by atoms with Crippen LogP contribution >= 0.6 is 0 Å². The summed E-state index contributed by atoms with van der Waals surface area (Å²) in [6, 6.07) is 29.8. The zero-order valence-electron chi connectivity index (χ0n) is 20.6. The summed E-state index contributed by atoms with van der Waals surface area (Å²) in [5.74, 6) is 1.68. The molecule has 0 bridgehead atoms. The minimum Gasteiger partial charge on any atom is -0.279 e. The van der Waals surface area contributed by atoms with Crippen molar-refractivity contribution >= 4 is 39.2 Å². The van der Waals surface area contributed by atoms with Crippen molar-refractivity contribution in [2.45, 2.75) is 13.3 Å². The van der Waals surface area contributed by atoms with Crippen molar-refractivity contribution < 1.29 is 0 Å². The SMILES string of the molecule is Cc1c(-c2ccc3c4c(cccc24)C2=C3CC=CC=C2)cccc1N(c1ccccn1)c1ccccn1. The van der Waals surface area contributed by atoms with Gasteiger partial charge in [-0.25, -0.2) is 9.97 Å². The highest BCUT2D eigenvalue weighted by atomic mass is 15.2. The van der Waals surface area contributed by atoms with Crippen LogP contribution in [-0.2, 0) is 0 Å². The van der Waals surface area contributed by atoms with Crippen LogP contribution < -0.4 is 4.90 Å². The molecule has 2 aromatic heterocycles. The predicted octanol–water partition coefficient (Wildman–Crippen LogP) is 8.82. The Morgan fingerprint density at radius 3 is 2.14 bits per heavy atom. The molecule has 0 atom stereocenters. The Kier molecular flexibility index (Phi) is 5.07. The lowest BCUT2D eigenvalue weighted by Crippen LogP contribution is -2.14. The summed E-state index contributed by atoms with van der Waals surface area (Å²) in [6.07, 6.45) is 13.4. The number of allylic oxidation sites excluding steroid dienone is 6. The molecule has 2 heterocycles. The van der Waals surface area contributed by atoms with Crippen molar-refractivity contribution in [2.24, 2.45) is 0 Å². The van der Waals surface area contributed by atoms with Crippen molar-refractivity contribution in [3.8, 4) is 11.1 Å². The van der Waals surface area contributed by atoms with Gasteiger partial charge in [-0.1, -0.05) is 78.9 Å². The van der Waals surface area contributed by atoms with Gasteiger partial charge in [0, 0.05) is 12.4 Å². The Morgan fingerprint density at radius 2 is 1.38 bits per heavy atom. The van der Waals surface area contributed by atoms with E-state index in [0.717, 1.165) is 23.7 Å². The highest BCUT2D eigenvalue weighted by Crippen LogP contribution is 2.48. The van der Waals surface area contributed by atoms with Crippen LogP contribution in [0.25, 0.3) is 33.0 Å². The molecule has 0 unspecified atom stereocenters. The largest absolute Gasteiger partial charge is 0.279 e. The third kappa shape index (κ3) is 3.43. The van der Waals surface area contributed by atoms with Gasteiger partial charge in [0.05, 0.1) is 5.69 Å². The lowest BCUT2D eigenvalue weighted by molar-refractivity contribution is 1.12. The van der Waals surface area contributed by atoms with Gasteiger partial charge < -0.3 is 0 Å². The first-order valence-electron chi connectivity index (χ1n) is 12.7. The zero-order chi connectivity index (χ0) is 24.8. The Labute approximate surface area is 216 Å². The smallest absolute Gasteiger partial charge is 0.138 e. The number of anilines is 3. The molecule has 0 fully saturated rings.